The highest BCUT2D eigenvalue weighted by Crippen LogP contribution is 2.26. The number of alkyl halides is 3. The Morgan fingerprint density at radius 3 is 2.73 bits per heavy atom. The van der Waals surface area contributed by atoms with Crippen molar-refractivity contribution in [3.63, 3.8) is 0 Å². The summed E-state index contributed by atoms with van der Waals surface area (Å²) in [6.07, 6.45) is -1.02. The molecule has 0 spiro atoms. The average Bonchev–Trinajstić information content (AvgIpc) is 3.12. The van der Waals surface area contributed by atoms with Crippen molar-refractivity contribution in [2.75, 3.05) is 19.6 Å². The van der Waals surface area contributed by atoms with Crippen LogP contribution in [0.25, 0.3) is 11.5 Å². The van der Waals surface area contributed by atoms with Crippen molar-refractivity contribution >= 4 is 5.97 Å². The molecule has 0 bridgehead atoms. The third-order valence-corrected chi connectivity index (χ3v) is 3.88. The largest absolute Gasteiger partial charge is 0.490 e. The van der Waals surface area contributed by atoms with Gasteiger partial charge in [-0.1, -0.05) is 18.1 Å². The van der Waals surface area contributed by atoms with Gasteiger partial charge in [-0.25, -0.2) is 4.79 Å². The number of pyridine rings is 1. The summed E-state index contributed by atoms with van der Waals surface area (Å²) in [5.74, 6) is -1.06. The van der Waals surface area contributed by atoms with Crippen LogP contribution in [-0.4, -0.2) is 56.9 Å². The van der Waals surface area contributed by atoms with Crippen LogP contribution in [0.1, 0.15) is 31.6 Å². The number of likely N-dealkylation sites (N-methyl/N-ethyl adjacent to an activating group) is 1. The molecule has 0 saturated carbocycles. The molecule has 2 aromatic rings. The predicted octanol–water partition coefficient (Wildman–Crippen LogP) is 2.96. The SMILES string of the molecule is CCN1CCCC(c2nc(-c3ccccn3)no2)C1.O=C(O)C(F)(F)F. The van der Waals surface area contributed by atoms with Gasteiger partial charge in [-0.3, -0.25) is 4.98 Å². The van der Waals surface area contributed by atoms with Gasteiger partial charge >= 0.3 is 12.1 Å². The molecule has 1 aliphatic heterocycles. The molecule has 142 valence electrons. The Labute approximate surface area is 147 Å². The number of rotatable bonds is 3. The smallest absolute Gasteiger partial charge is 0.475 e. The molecule has 0 aliphatic carbocycles. The molecular formula is C16H19F3N4O3. The molecule has 10 heteroatoms. The van der Waals surface area contributed by atoms with Gasteiger partial charge < -0.3 is 14.5 Å². The van der Waals surface area contributed by atoms with Gasteiger partial charge in [0.1, 0.15) is 5.69 Å². The van der Waals surface area contributed by atoms with Crippen LogP contribution in [0.15, 0.2) is 28.9 Å². The number of aromatic nitrogens is 3. The van der Waals surface area contributed by atoms with Gasteiger partial charge in [-0.05, 0) is 38.1 Å². The molecular weight excluding hydrogens is 353 g/mol. The molecule has 1 saturated heterocycles. The van der Waals surface area contributed by atoms with E-state index >= 15 is 0 Å². The minimum absolute atomic E-state index is 0.360. The Morgan fingerprint density at radius 2 is 2.15 bits per heavy atom. The number of piperidine rings is 1. The Kier molecular flexibility index (Phi) is 6.67. The van der Waals surface area contributed by atoms with Gasteiger partial charge in [0.05, 0.1) is 5.92 Å². The van der Waals surface area contributed by atoms with E-state index in [-0.39, 0.29) is 0 Å². The van der Waals surface area contributed by atoms with Crippen LogP contribution < -0.4 is 0 Å². The van der Waals surface area contributed by atoms with Crippen molar-refractivity contribution in [3.8, 4) is 11.5 Å². The lowest BCUT2D eigenvalue weighted by molar-refractivity contribution is -0.192. The zero-order chi connectivity index (χ0) is 19.2. The quantitative estimate of drug-likeness (QED) is 0.885. The first-order chi connectivity index (χ1) is 12.3. The summed E-state index contributed by atoms with van der Waals surface area (Å²) in [6, 6.07) is 5.70. The van der Waals surface area contributed by atoms with E-state index in [1.807, 2.05) is 18.2 Å². The molecule has 1 aliphatic rings. The lowest BCUT2D eigenvalue weighted by Gasteiger charge is -2.29. The number of aliphatic carboxylic acids is 1. The maximum atomic E-state index is 10.6. The number of nitrogens with zero attached hydrogens (tertiary/aromatic N) is 4. The van der Waals surface area contributed by atoms with Crippen molar-refractivity contribution in [2.24, 2.45) is 0 Å². The minimum atomic E-state index is -5.08. The molecule has 0 amide bonds. The van der Waals surface area contributed by atoms with Crippen molar-refractivity contribution in [1.29, 1.82) is 0 Å². The van der Waals surface area contributed by atoms with Crippen molar-refractivity contribution in [1.82, 2.24) is 20.0 Å². The van der Waals surface area contributed by atoms with Crippen LogP contribution in [0.5, 0.6) is 0 Å². The lowest BCUT2D eigenvalue weighted by atomic mass is 9.98. The molecule has 0 aromatic carbocycles. The Morgan fingerprint density at radius 1 is 1.42 bits per heavy atom. The van der Waals surface area contributed by atoms with Crippen LogP contribution in [0.4, 0.5) is 13.2 Å². The van der Waals surface area contributed by atoms with Gasteiger partial charge in [-0.2, -0.15) is 18.2 Å². The van der Waals surface area contributed by atoms with Crippen LogP contribution >= 0.6 is 0 Å². The number of carbonyl (C=O) groups is 1. The van der Waals surface area contributed by atoms with Crippen molar-refractivity contribution in [2.45, 2.75) is 31.9 Å². The molecule has 1 N–H and O–H groups in total. The Balaban J connectivity index is 0.000000298. The van der Waals surface area contributed by atoms with Crippen LogP contribution in [0.3, 0.4) is 0 Å². The molecule has 3 heterocycles. The van der Waals surface area contributed by atoms with E-state index in [9.17, 15) is 13.2 Å². The fourth-order valence-corrected chi connectivity index (χ4v) is 2.54. The zero-order valence-corrected chi connectivity index (χ0v) is 14.1. The first kappa shape index (κ1) is 19.8. The van der Waals surface area contributed by atoms with Gasteiger partial charge in [0.15, 0.2) is 0 Å². The monoisotopic (exact) mass is 372 g/mol. The third-order valence-electron chi connectivity index (χ3n) is 3.88. The summed E-state index contributed by atoms with van der Waals surface area (Å²) in [7, 11) is 0. The van der Waals surface area contributed by atoms with E-state index < -0.39 is 12.1 Å². The highest BCUT2D eigenvalue weighted by molar-refractivity contribution is 5.73. The molecule has 7 nitrogen and oxygen atoms in total. The van der Waals surface area contributed by atoms with Crippen molar-refractivity contribution in [3.05, 3.63) is 30.3 Å². The number of halogens is 3. The number of likely N-dealkylation sites (tertiary alicyclic amines) is 1. The van der Waals surface area contributed by atoms with E-state index in [4.69, 9.17) is 14.4 Å². The van der Waals surface area contributed by atoms with Gasteiger partial charge in [-0.15, -0.1) is 0 Å². The summed E-state index contributed by atoms with van der Waals surface area (Å²) in [6.45, 7) is 5.46. The normalized spacial score (nSPS) is 18.1. The van der Waals surface area contributed by atoms with E-state index in [2.05, 4.69) is 26.9 Å². The second kappa shape index (κ2) is 8.75. The predicted molar refractivity (Wildman–Crippen MR) is 85.3 cm³/mol. The fraction of sp³-hybridized carbons (Fsp3) is 0.500. The Hall–Kier alpha value is -2.49. The van der Waals surface area contributed by atoms with Gasteiger partial charge in [0.2, 0.25) is 11.7 Å². The molecule has 1 atom stereocenters. The average molecular weight is 372 g/mol. The first-order valence-corrected chi connectivity index (χ1v) is 8.08. The molecule has 1 unspecified atom stereocenters. The van der Waals surface area contributed by atoms with E-state index in [1.165, 1.54) is 13.0 Å². The topological polar surface area (TPSA) is 92.4 Å². The second-order valence-electron chi connectivity index (χ2n) is 5.71. The summed E-state index contributed by atoms with van der Waals surface area (Å²) in [4.78, 5) is 20.1. The van der Waals surface area contributed by atoms with E-state index in [0.29, 0.717) is 11.7 Å². The van der Waals surface area contributed by atoms with E-state index in [0.717, 1.165) is 31.1 Å². The first-order valence-electron chi connectivity index (χ1n) is 8.08. The van der Waals surface area contributed by atoms with Crippen LogP contribution in [0, 0.1) is 0 Å². The maximum absolute atomic E-state index is 10.6. The van der Waals surface area contributed by atoms with Crippen molar-refractivity contribution < 1.29 is 27.6 Å². The highest BCUT2D eigenvalue weighted by atomic mass is 19.4. The molecule has 0 radical (unpaired) electrons. The third kappa shape index (κ3) is 5.51. The van der Waals surface area contributed by atoms with E-state index in [1.54, 1.807) is 6.20 Å². The van der Waals surface area contributed by atoms with Gasteiger partial charge in [0, 0.05) is 12.7 Å². The number of carboxylic acid groups (broad SMARTS) is 1. The summed E-state index contributed by atoms with van der Waals surface area (Å²) in [5, 5.41) is 11.2. The molecule has 26 heavy (non-hydrogen) atoms. The highest BCUT2D eigenvalue weighted by Gasteiger charge is 2.38. The van der Waals surface area contributed by atoms with Crippen LogP contribution in [-0.2, 0) is 4.79 Å². The zero-order valence-electron chi connectivity index (χ0n) is 14.1. The summed E-state index contributed by atoms with van der Waals surface area (Å²) in [5.41, 5.74) is 0.764. The standard InChI is InChI=1S/C14H18N4O.C2HF3O2/c1-2-18-9-5-6-11(10-18)14-16-13(17-19-14)12-7-3-4-8-15-12;3-2(4,5)1(6)7/h3-4,7-8,11H,2,5-6,9-10H2,1H3;(H,6,7). The molecule has 3 rings (SSSR count). The van der Waals surface area contributed by atoms with Gasteiger partial charge in [0.25, 0.3) is 0 Å². The molecule has 2 aromatic heterocycles. The second-order valence-corrected chi connectivity index (χ2v) is 5.71. The molecule has 1 fully saturated rings. The minimum Gasteiger partial charge on any atom is -0.475 e. The Bertz CT molecular complexity index is 706. The maximum Gasteiger partial charge on any atom is 0.490 e. The number of carboxylic acids is 1. The number of hydrogen-bond acceptors (Lipinski definition) is 6. The summed E-state index contributed by atoms with van der Waals surface area (Å²) >= 11 is 0. The lowest BCUT2D eigenvalue weighted by Crippen LogP contribution is -2.34. The summed E-state index contributed by atoms with van der Waals surface area (Å²) < 4.78 is 37.2. The van der Waals surface area contributed by atoms with Crippen LogP contribution in [0.2, 0.25) is 0 Å². The fourth-order valence-electron chi connectivity index (χ4n) is 2.54. The number of hydrogen-bond donors (Lipinski definition) is 1.